The topological polar surface area (TPSA) is 263 Å². The quantitative estimate of drug-likeness (QED) is 0.0412. The van der Waals surface area contributed by atoms with Crippen LogP contribution in [0.4, 0.5) is 5.13 Å². The number of hydrogen-bond acceptors (Lipinski definition) is 18. The summed E-state index contributed by atoms with van der Waals surface area (Å²) in [6.07, 6.45) is 3.35. The Balaban J connectivity index is 1.26. The molecule has 22 heteroatoms. The number of nitrogen functional groups attached to an aromatic ring is 1. The van der Waals surface area contributed by atoms with Crippen LogP contribution in [-0.2, 0) is 28.8 Å². The van der Waals surface area contributed by atoms with Gasteiger partial charge in [-0.25, -0.2) is 20.8 Å². The highest BCUT2D eigenvalue weighted by Crippen LogP contribution is 2.44. The standard InChI is InChI=1S/C25H33N11O8S3/c1-24(2,21(40)31-27)44-32-16(13-7-45-23(26)28-13)18(38)30-17-19(39)35-8-25(22(41)42,10-47-20(17)35)9-46-15-4-12(6-37)36-14(29-15)5-34(33-36)11-43-3/h4-5,7,17,20,33,37H,6,8-11,27H2,1-3H3,(H2,26,28)(H,30,38)(H,31,40)(H,41,42)/t17?,20-,25?/m1/s1. The molecule has 47 heavy (non-hydrogen) atoms. The summed E-state index contributed by atoms with van der Waals surface area (Å²) in [4.78, 5) is 66.7. The minimum absolute atomic E-state index is 0.0681. The Bertz CT molecular complexity index is 1580. The summed E-state index contributed by atoms with van der Waals surface area (Å²) in [5.74, 6) is 2.87. The largest absolute Gasteiger partial charge is 0.481 e. The zero-order chi connectivity index (χ0) is 34.1. The Kier molecular flexibility index (Phi) is 10.0. The van der Waals surface area contributed by atoms with Gasteiger partial charge in [-0.05, 0) is 19.9 Å². The van der Waals surface area contributed by atoms with E-state index in [1.54, 1.807) is 22.3 Å². The van der Waals surface area contributed by atoms with E-state index in [4.69, 9.17) is 21.2 Å². The second kappa shape index (κ2) is 13.7. The summed E-state index contributed by atoms with van der Waals surface area (Å²) in [6, 6.07) is -0.978. The fourth-order valence-corrected chi connectivity index (χ4v) is 8.08. The second-order valence-corrected chi connectivity index (χ2v) is 14.1. The van der Waals surface area contributed by atoms with E-state index >= 15 is 0 Å². The van der Waals surface area contributed by atoms with Crippen LogP contribution in [0.15, 0.2) is 39.3 Å². The summed E-state index contributed by atoms with van der Waals surface area (Å²) < 4.78 is 5.12. The molecule has 0 aliphatic carbocycles. The molecule has 3 atom stereocenters. The zero-order valence-electron chi connectivity index (χ0n) is 25.3. The predicted molar refractivity (Wildman–Crippen MR) is 172 cm³/mol. The van der Waals surface area contributed by atoms with Crippen LogP contribution in [-0.4, -0.2) is 120 Å². The van der Waals surface area contributed by atoms with Crippen LogP contribution in [0.1, 0.15) is 19.5 Å². The first-order valence-corrected chi connectivity index (χ1v) is 16.8. The Morgan fingerprint density at radius 1 is 1.36 bits per heavy atom. The number of aliphatic hydroxyl groups excluding tert-OH is 1. The number of carboxylic acid groups (broad SMARTS) is 1. The Morgan fingerprint density at radius 3 is 2.77 bits per heavy atom. The van der Waals surface area contributed by atoms with Crippen molar-refractivity contribution in [1.29, 1.82) is 0 Å². The first kappa shape index (κ1) is 34.4. The van der Waals surface area contributed by atoms with E-state index in [0.717, 1.165) is 11.3 Å². The third-order valence-electron chi connectivity index (χ3n) is 7.37. The number of hydrogen-bond donors (Lipinski definition) is 7. The van der Waals surface area contributed by atoms with Crippen molar-refractivity contribution >= 4 is 74.4 Å². The molecule has 2 fully saturated rings. The molecule has 254 valence electrons. The number of rotatable bonds is 12. The van der Waals surface area contributed by atoms with Crippen molar-refractivity contribution in [2.45, 2.75) is 30.9 Å². The number of hydrazine groups is 3. The van der Waals surface area contributed by atoms with Gasteiger partial charge >= 0.3 is 5.97 Å². The minimum atomic E-state index is -1.55. The van der Waals surface area contributed by atoms with Crippen molar-refractivity contribution in [2.24, 2.45) is 21.4 Å². The van der Waals surface area contributed by atoms with Gasteiger partial charge in [0.2, 0.25) is 11.5 Å². The highest BCUT2D eigenvalue weighted by molar-refractivity contribution is 8.14. The molecule has 1 aromatic heterocycles. The number of carbonyl (C=O) groups is 4. The van der Waals surface area contributed by atoms with Crippen molar-refractivity contribution in [2.75, 3.05) is 44.2 Å². The molecule has 5 heterocycles. The van der Waals surface area contributed by atoms with Gasteiger partial charge in [0, 0.05) is 30.5 Å². The SMILES string of the molecule is COCN1C=C2N=C(SCC3(C(=O)O)CS[C@@H]4C(NC(=O)C(=NOC(C)(C)C(=O)NN)c5csc(N)n5)C(=O)N4C3)C=C(CO)N2N1. The number of oxime groups is 1. The molecule has 0 saturated carbocycles. The number of thioether (sulfide) groups is 2. The van der Waals surface area contributed by atoms with Gasteiger partial charge in [0.1, 0.15) is 34.3 Å². The molecule has 0 bridgehead atoms. The number of fused-ring (bicyclic) bond motifs is 2. The number of aliphatic hydroxyl groups is 1. The number of aromatic nitrogens is 1. The van der Waals surface area contributed by atoms with Crippen LogP contribution in [0.25, 0.3) is 0 Å². The first-order chi connectivity index (χ1) is 22.3. The average Bonchev–Trinajstić information content (AvgIpc) is 3.67. The molecule has 9 N–H and O–H groups in total. The van der Waals surface area contributed by atoms with Gasteiger partial charge in [-0.15, -0.1) is 40.4 Å². The number of nitrogens with two attached hydrogens (primary N) is 2. The molecular weight excluding hydrogens is 679 g/mol. The predicted octanol–water partition coefficient (Wildman–Crippen LogP) is -1.85. The Hall–Kier alpha value is -3.93. The lowest BCUT2D eigenvalue weighted by Gasteiger charge is -2.53. The van der Waals surface area contributed by atoms with E-state index < -0.39 is 46.1 Å². The van der Waals surface area contributed by atoms with E-state index in [9.17, 15) is 29.4 Å². The lowest BCUT2D eigenvalue weighted by Crippen LogP contribution is -2.74. The summed E-state index contributed by atoms with van der Waals surface area (Å²) in [5, 5.41) is 31.5. The number of aliphatic carboxylic acids is 1. The van der Waals surface area contributed by atoms with Crippen LogP contribution < -0.4 is 27.9 Å². The number of thiazole rings is 1. The van der Waals surface area contributed by atoms with Gasteiger partial charge in [0.05, 0.1) is 18.5 Å². The molecule has 0 spiro atoms. The Labute approximate surface area is 280 Å². The van der Waals surface area contributed by atoms with Crippen LogP contribution in [0.3, 0.4) is 0 Å². The lowest BCUT2D eigenvalue weighted by molar-refractivity contribution is -0.157. The number of methoxy groups -OCH3 is 1. The van der Waals surface area contributed by atoms with Gasteiger partial charge in [-0.2, -0.15) is 0 Å². The molecular formula is C25H33N11O8S3. The number of aliphatic imine (C=N–C) groups is 1. The molecule has 5 rings (SSSR count). The van der Waals surface area contributed by atoms with Gasteiger partial charge < -0.3 is 35.7 Å². The zero-order valence-corrected chi connectivity index (χ0v) is 27.8. The number of carboxylic acids is 1. The maximum absolute atomic E-state index is 13.4. The Morgan fingerprint density at radius 2 is 2.13 bits per heavy atom. The number of β-lactam (4-membered cyclic amide) rings is 1. The van der Waals surface area contributed by atoms with Crippen molar-refractivity contribution < 1.29 is 39.0 Å². The molecule has 2 unspecified atom stereocenters. The summed E-state index contributed by atoms with van der Waals surface area (Å²) in [5.41, 5.74) is 8.10. The van der Waals surface area contributed by atoms with E-state index in [0.29, 0.717) is 16.6 Å². The van der Waals surface area contributed by atoms with E-state index in [-0.39, 0.29) is 47.9 Å². The maximum Gasteiger partial charge on any atom is 0.313 e. The second-order valence-electron chi connectivity index (χ2n) is 11.1. The van der Waals surface area contributed by atoms with Gasteiger partial charge in [-0.1, -0.05) is 5.16 Å². The fraction of sp³-hybridized carbons (Fsp3) is 0.480. The van der Waals surface area contributed by atoms with Crippen molar-refractivity contribution in [1.82, 2.24) is 36.2 Å². The number of ether oxygens (including phenoxy) is 1. The molecule has 19 nitrogen and oxygen atoms in total. The number of amides is 3. The van der Waals surface area contributed by atoms with E-state index in [1.165, 1.54) is 54.8 Å². The van der Waals surface area contributed by atoms with Gasteiger partial charge in [-0.3, -0.25) is 29.6 Å². The average molecular weight is 712 g/mol. The van der Waals surface area contributed by atoms with Crippen molar-refractivity contribution in [3.8, 4) is 0 Å². The highest BCUT2D eigenvalue weighted by atomic mass is 32.2. The normalized spacial score (nSPS) is 24.0. The molecule has 3 amide bonds. The first-order valence-electron chi connectivity index (χ1n) is 13.8. The smallest absolute Gasteiger partial charge is 0.313 e. The van der Waals surface area contributed by atoms with Crippen LogP contribution in [0.2, 0.25) is 0 Å². The monoisotopic (exact) mass is 711 g/mol. The van der Waals surface area contributed by atoms with Crippen LogP contribution in [0.5, 0.6) is 0 Å². The number of anilines is 1. The minimum Gasteiger partial charge on any atom is -0.481 e. The third kappa shape index (κ3) is 6.88. The number of nitrogens with one attached hydrogen (secondary N) is 3. The summed E-state index contributed by atoms with van der Waals surface area (Å²) in [7, 11) is 1.54. The van der Waals surface area contributed by atoms with Gasteiger partial charge in [0.25, 0.3) is 11.8 Å². The molecule has 0 aromatic carbocycles. The molecule has 4 aliphatic rings. The van der Waals surface area contributed by atoms with E-state index in [1.807, 2.05) is 5.43 Å². The summed E-state index contributed by atoms with van der Waals surface area (Å²) >= 11 is 3.48. The number of carbonyl (C=O) groups excluding carboxylic acids is 3. The third-order valence-corrected chi connectivity index (χ3v) is 10.8. The molecule has 0 radical (unpaired) electrons. The molecule has 2 saturated heterocycles. The highest BCUT2D eigenvalue weighted by Gasteiger charge is 2.57. The van der Waals surface area contributed by atoms with Crippen LogP contribution >= 0.6 is 34.9 Å². The number of nitrogens with zero attached hydrogens (tertiary/aromatic N) is 6. The maximum atomic E-state index is 13.4. The van der Waals surface area contributed by atoms with Gasteiger partial charge in [0.15, 0.2) is 16.7 Å². The lowest BCUT2D eigenvalue weighted by atomic mass is 9.89. The summed E-state index contributed by atoms with van der Waals surface area (Å²) in [6.45, 7) is 2.63. The van der Waals surface area contributed by atoms with Crippen LogP contribution in [0, 0.1) is 5.41 Å². The van der Waals surface area contributed by atoms with Crippen molar-refractivity contribution in [3.63, 3.8) is 0 Å². The van der Waals surface area contributed by atoms with Crippen molar-refractivity contribution in [3.05, 3.63) is 34.9 Å². The molecule has 1 aromatic rings. The molecule has 4 aliphatic heterocycles. The fourth-order valence-electron chi connectivity index (χ4n) is 4.75. The van der Waals surface area contributed by atoms with E-state index in [2.05, 4.69) is 26.0 Å².